The van der Waals surface area contributed by atoms with Crippen LogP contribution in [-0.2, 0) is 16.1 Å². The summed E-state index contributed by atoms with van der Waals surface area (Å²) in [6.07, 6.45) is 2.60. The first-order chi connectivity index (χ1) is 8.15. The molecule has 0 aliphatic carbocycles. The molecule has 94 valence electrons. The number of thioether (sulfide) groups is 1. The van der Waals surface area contributed by atoms with Gasteiger partial charge in [0.15, 0.2) is 0 Å². The molecule has 0 radical (unpaired) electrons. The van der Waals surface area contributed by atoms with E-state index >= 15 is 0 Å². The molecule has 0 bridgehead atoms. The Balaban J connectivity index is 2.40. The van der Waals surface area contributed by atoms with Crippen LogP contribution < -0.4 is 5.73 Å². The highest BCUT2D eigenvalue weighted by atomic mass is 35.5. The van der Waals surface area contributed by atoms with E-state index in [1.165, 1.54) is 0 Å². The second-order valence-electron chi connectivity index (χ2n) is 3.59. The Hall–Kier alpha value is -0.710. The van der Waals surface area contributed by atoms with Crippen molar-refractivity contribution in [1.82, 2.24) is 0 Å². The van der Waals surface area contributed by atoms with Crippen LogP contribution in [0.3, 0.4) is 0 Å². The minimum atomic E-state index is -0.551. The SMILES string of the molecule is CSCC[C@H](N)C(=O)OCc1ccccc1Cl. The van der Waals surface area contributed by atoms with Gasteiger partial charge in [0.1, 0.15) is 12.6 Å². The van der Waals surface area contributed by atoms with Gasteiger partial charge in [-0.2, -0.15) is 11.8 Å². The average molecular weight is 274 g/mol. The molecule has 1 rings (SSSR count). The summed E-state index contributed by atoms with van der Waals surface area (Å²) in [6.45, 7) is 0.172. The molecule has 0 heterocycles. The van der Waals surface area contributed by atoms with Crippen LogP contribution in [0.5, 0.6) is 0 Å². The molecular weight excluding hydrogens is 258 g/mol. The Kier molecular flexibility index (Phi) is 6.40. The smallest absolute Gasteiger partial charge is 0.323 e. The van der Waals surface area contributed by atoms with Crippen LogP contribution in [0, 0.1) is 0 Å². The van der Waals surface area contributed by atoms with E-state index in [1.54, 1.807) is 17.8 Å². The number of carbonyl (C=O) groups is 1. The number of ether oxygens (including phenoxy) is 1. The second-order valence-corrected chi connectivity index (χ2v) is 4.98. The van der Waals surface area contributed by atoms with Crippen LogP contribution in [0.4, 0.5) is 0 Å². The maximum Gasteiger partial charge on any atom is 0.323 e. The van der Waals surface area contributed by atoms with Crippen molar-refractivity contribution in [3.63, 3.8) is 0 Å². The molecule has 0 saturated heterocycles. The highest BCUT2D eigenvalue weighted by molar-refractivity contribution is 7.98. The number of nitrogens with two attached hydrogens (primary N) is 1. The van der Waals surface area contributed by atoms with E-state index in [9.17, 15) is 4.79 Å². The topological polar surface area (TPSA) is 52.3 Å². The predicted octanol–water partition coefficient (Wildman–Crippen LogP) is 2.46. The summed E-state index contributed by atoms with van der Waals surface area (Å²) in [5.74, 6) is 0.474. The second kappa shape index (κ2) is 7.58. The fourth-order valence-electron chi connectivity index (χ4n) is 1.23. The Bertz CT molecular complexity index is 373. The highest BCUT2D eigenvalue weighted by Gasteiger charge is 2.14. The molecule has 0 saturated carbocycles. The lowest BCUT2D eigenvalue weighted by atomic mass is 10.2. The molecule has 17 heavy (non-hydrogen) atoms. The lowest BCUT2D eigenvalue weighted by Crippen LogP contribution is -2.32. The lowest BCUT2D eigenvalue weighted by molar-refractivity contribution is -0.146. The number of esters is 1. The molecule has 0 unspecified atom stereocenters. The summed E-state index contributed by atoms with van der Waals surface area (Å²) in [7, 11) is 0. The molecule has 2 N–H and O–H groups in total. The minimum absolute atomic E-state index is 0.172. The van der Waals surface area contributed by atoms with E-state index in [1.807, 2.05) is 24.5 Å². The fraction of sp³-hybridized carbons (Fsp3) is 0.417. The van der Waals surface area contributed by atoms with Crippen molar-refractivity contribution < 1.29 is 9.53 Å². The summed E-state index contributed by atoms with van der Waals surface area (Å²) in [5.41, 5.74) is 6.48. The van der Waals surface area contributed by atoms with Gasteiger partial charge >= 0.3 is 5.97 Å². The minimum Gasteiger partial charge on any atom is -0.460 e. The molecule has 0 aliphatic heterocycles. The van der Waals surface area contributed by atoms with Crippen LogP contribution >= 0.6 is 23.4 Å². The van der Waals surface area contributed by atoms with Gasteiger partial charge in [-0.15, -0.1) is 0 Å². The average Bonchev–Trinajstić information content (AvgIpc) is 2.34. The van der Waals surface area contributed by atoms with Gasteiger partial charge in [-0.3, -0.25) is 4.79 Å². The molecule has 0 aliphatic rings. The molecular formula is C12H16ClNO2S. The first-order valence-corrected chi connectivity index (χ1v) is 7.07. The van der Waals surface area contributed by atoms with Crippen molar-refractivity contribution in [2.45, 2.75) is 19.1 Å². The van der Waals surface area contributed by atoms with Gasteiger partial charge in [-0.1, -0.05) is 29.8 Å². The quantitative estimate of drug-likeness (QED) is 0.809. The van der Waals surface area contributed by atoms with Crippen molar-refractivity contribution in [2.24, 2.45) is 5.73 Å². The first kappa shape index (κ1) is 14.4. The van der Waals surface area contributed by atoms with Gasteiger partial charge in [0.2, 0.25) is 0 Å². The third-order valence-electron chi connectivity index (χ3n) is 2.26. The number of hydrogen-bond acceptors (Lipinski definition) is 4. The largest absolute Gasteiger partial charge is 0.460 e. The van der Waals surface area contributed by atoms with E-state index in [4.69, 9.17) is 22.1 Å². The third kappa shape index (κ3) is 4.98. The highest BCUT2D eigenvalue weighted by Crippen LogP contribution is 2.16. The maximum atomic E-state index is 11.5. The molecule has 1 aromatic carbocycles. The van der Waals surface area contributed by atoms with Gasteiger partial charge in [0.25, 0.3) is 0 Å². The lowest BCUT2D eigenvalue weighted by Gasteiger charge is -2.11. The number of carbonyl (C=O) groups excluding carboxylic acids is 1. The summed E-state index contributed by atoms with van der Waals surface area (Å²) >= 11 is 7.60. The summed E-state index contributed by atoms with van der Waals surface area (Å²) in [5, 5.41) is 0.595. The predicted molar refractivity (Wildman–Crippen MR) is 72.2 cm³/mol. The molecule has 1 atom stereocenters. The number of rotatable bonds is 6. The normalized spacial score (nSPS) is 12.2. The van der Waals surface area contributed by atoms with E-state index in [2.05, 4.69) is 0 Å². The monoisotopic (exact) mass is 273 g/mol. The van der Waals surface area contributed by atoms with Crippen molar-refractivity contribution in [2.75, 3.05) is 12.0 Å². The van der Waals surface area contributed by atoms with Crippen molar-refractivity contribution in [3.8, 4) is 0 Å². The van der Waals surface area contributed by atoms with Gasteiger partial charge in [0, 0.05) is 10.6 Å². The zero-order valence-electron chi connectivity index (χ0n) is 9.69. The molecule has 5 heteroatoms. The van der Waals surface area contributed by atoms with E-state index in [0.29, 0.717) is 11.4 Å². The Morgan fingerprint density at radius 2 is 2.24 bits per heavy atom. The zero-order valence-corrected chi connectivity index (χ0v) is 11.3. The van der Waals surface area contributed by atoms with Crippen LogP contribution in [-0.4, -0.2) is 24.0 Å². The zero-order chi connectivity index (χ0) is 12.7. The summed E-state index contributed by atoms with van der Waals surface area (Å²) < 4.78 is 5.11. The van der Waals surface area contributed by atoms with Gasteiger partial charge in [-0.25, -0.2) is 0 Å². The molecule has 0 fully saturated rings. The fourth-order valence-corrected chi connectivity index (χ4v) is 1.91. The van der Waals surface area contributed by atoms with Crippen molar-refractivity contribution in [3.05, 3.63) is 34.9 Å². The van der Waals surface area contributed by atoms with E-state index < -0.39 is 6.04 Å². The molecule has 0 amide bonds. The maximum absolute atomic E-state index is 11.5. The molecule has 0 aromatic heterocycles. The summed E-state index contributed by atoms with van der Waals surface area (Å²) in [6, 6.07) is 6.71. The number of halogens is 1. The number of benzene rings is 1. The van der Waals surface area contributed by atoms with Gasteiger partial charge in [0.05, 0.1) is 0 Å². The van der Waals surface area contributed by atoms with Gasteiger partial charge in [-0.05, 0) is 24.5 Å². The van der Waals surface area contributed by atoms with Crippen molar-refractivity contribution >= 4 is 29.3 Å². The van der Waals surface area contributed by atoms with Crippen molar-refractivity contribution in [1.29, 1.82) is 0 Å². The Morgan fingerprint density at radius 3 is 2.88 bits per heavy atom. The Morgan fingerprint density at radius 1 is 1.53 bits per heavy atom. The van der Waals surface area contributed by atoms with Gasteiger partial charge < -0.3 is 10.5 Å². The Labute approximate surface area is 111 Å². The molecule has 1 aromatic rings. The van der Waals surface area contributed by atoms with Crippen LogP contribution in [0.1, 0.15) is 12.0 Å². The standard InChI is InChI=1S/C12H16ClNO2S/c1-17-7-6-11(14)12(15)16-8-9-4-2-3-5-10(9)13/h2-5,11H,6-8,14H2,1H3/t11-/m0/s1. The first-order valence-electron chi connectivity index (χ1n) is 5.29. The molecule has 3 nitrogen and oxygen atoms in total. The summed E-state index contributed by atoms with van der Waals surface area (Å²) in [4.78, 5) is 11.5. The third-order valence-corrected chi connectivity index (χ3v) is 3.28. The van der Waals surface area contributed by atoms with E-state index in [-0.39, 0.29) is 12.6 Å². The van der Waals surface area contributed by atoms with Crippen LogP contribution in [0.25, 0.3) is 0 Å². The van der Waals surface area contributed by atoms with E-state index in [0.717, 1.165) is 11.3 Å². The van der Waals surface area contributed by atoms with Crippen LogP contribution in [0.15, 0.2) is 24.3 Å². The van der Waals surface area contributed by atoms with Crippen LogP contribution in [0.2, 0.25) is 5.02 Å². The molecule has 0 spiro atoms. The number of hydrogen-bond donors (Lipinski definition) is 1.